The number of hydrogen-bond acceptors (Lipinski definition) is 4. The first-order valence-corrected chi connectivity index (χ1v) is 6.80. The van der Waals surface area contributed by atoms with Gasteiger partial charge in [-0.25, -0.2) is 4.98 Å². The molecule has 0 aromatic carbocycles. The van der Waals surface area contributed by atoms with E-state index in [1.807, 2.05) is 17.3 Å². The molecule has 0 radical (unpaired) electrons. The zero-order valence-electron chi connectivity index (χ0n) is 11.1. The summed E-state index contributed by atoms with van der Waals surface area (Å²) < 4.78 is 0. The normalized spacial score (nSPS) is 16.1. The highest BCUT2D eigenvalue weighted by Gasteiger charge is 2.25. The molecular weight excluding hydrogens is 252 g/mol. The summed E-state index contributed by atoms with van der Waals surface area (Å²) in [5, 5.41) is 0. The Morgan fingerprint density at radius 1 is 1.05 bits per heavy atom. The second-order valence-electron chi connectivity index (χ2n) is 4.94. The van der Waals surface area contributed by atoms with Crippen molar-refractivity contribution in [3.05, 3.63) is 54.4 Å². The fourth-order valence-corrected chi connectivity index (χ4v) is 2.62. The van der Waals surface area contributed by atoms with Crippen molar-refractivity contribution in [3.63, 3.8) is 0 Å². The number of carbonyl (C=O) groups excluding carboxylic acids is 1. The van der Waals surface area contributed by atoms with Crippen LogP contribution >= 0.6 is 0 Å². The minimum absolute atomic E-state index is 0.0220. The summed E-state index contributed by atoms with van der Waals surface area (Å²) in [5.41, 5.74) is 1.74. The number of amides is 1. The average Bonchev–Trinajstić information content (AvgIpc) is 2.56. The molecule has 1 aliphatic rings. The van der Waals surface area contributed by atoms with E-state index in [0.29, 0.717) is 11.6 Å². The second-order valence-corrected chi connectivity index (χ2v) is 4.94. The predicted molar refractivity (Wildman–Crippen MR) is 74.1 cm³/mol. The van der Waals surface area contributed by atoms with Gasteiger partial charge in [0.15, 0.2) is 0 Å². The van der Waals surface area contributed by atoms with Crippen LogP contribution in [0.4, 0.5) is 0 Å². The maximum Gasteiger partial charge on any atom is 0.274 e. The maximum absolute atomic E-state index is 12.3. The van der Waals surface area contributed by atoms with Gasteiger partial charge in [0.25, 0.3) is 5.91 Å². The van der Waals surface area contributed by atoms with E-state index in [1.165, 1.54) is 11.8 Å². The topological polar surface area (TPSA) is 59.0 Å². The third-order valence-corrected chi connectivity index (χ3v) is 3.74. The molecule has 1 saturated heterocycles. The molecule has 3 rings (SSSR count). The van der Waals surface area contributed by atoms with Gasteiger partial charge in [-0.3, -0.25) is 14.8 Å². The molecule has 0 spiro atoms. The van der Waals surface area contributed by atoms with E-state index in [2.05, 4.69) is 27.1 Å². The zero-order valence-corrected chi connectivity index (χ0v) is 11.1. The van der Waals surface area contributed by atoms with E-state index in [4.69, 9.17) is 0 Å². The van der Waals surface area contributed by atoms with E-state index in [-0.39, 0.29) is 5.91 Å². The third-order valence-electron chi connectivity index (χ3n) is 3.74. The number of aromatic nitrogens is 3. The summed E-state index contributed by atoms with van der Waals surface area (Å²) in [4.78, 5) is 26.2. The van der Waals surface area contributed by atoms with Gasteiger partial charge in [0, 0.05) is 37.9 Å². The molecule has 0 N–H and O–H groups in total. The van der Waals surface area contributed by atoms with Crippen LogP contribution in [-0.4, -0.2) is 38.8 Å². The molecule has 102 valence electrons. The van der Waals surface area contributed by atoms with Gasteiger partial charge in [-0.1, -0.05) is 0 Å². The lowest BCUT2D eigenvalue weighted by Gasteiger charge is -2.31. The summed E-state index contributed by atoms with van der Waals surface area (Å²) >= 11 is 0. The molecule has 1 fully saturated rings. The number of rotatable bonds is 2. The highest BCUT2D eigenvalue weighted by atomic mass is 16.2. The van der Waals surface area contributed by atoms with Gasteiger partial charge in [0.05, 0.1) is 6.20 Å². The highest BCUT2D eigenvalue weighted by Crippen LogP contribution is 2.27. The van der Waals surface area contributed by atoms with Crippen molar-refractivity contribution in [1.29, 1.82) is 0 Å². The largest absolute Gasteiger partial charge is 0.337 e. The molecule has 1 aliphatic heterocycles. The van der Waals surface area contributed by atoms with Gasteiger partial charge in [0.2, 0.25) is 0 Å². The van der Waals surface area contributed by atoms with Gasteiger partial charge in [-0.15, -0.1) is 0 Å². The molecule has 2 aromatic heterocycles. The Morgan fingerprint density at radius 2 is 1.80 bits per heavy atom. The smallest absolute Gasteiger partial charge is 0.274 e. The monoisotopic (exact) mass is 268 g/mol. The third kappa shape index (κ3) is 2.66. The Bertz CT molecular complexity index is 565. The quantitative estimate of drug-likeness (QED) is 0.834. The second kappa shape index (κ2) is 5.77. The molecule has 5 nitrogen and oxygen atoms in total. The molecule has 0 unspecified atom stereocenters. The summed E-state index contributed by atoms with van der Waals surface area (Å²) in [7, 11) is 0. The number of hydrogen-bond donors (Lipinski definition) is 0. The van der Waals surface area contributed by atoms with Crippen LogP contribution in [-0.2, 0) is 0 Å². The van der Waals surface area contributed by atoms with Gasteiger partial charge in [-0.2, -0.15) is 0 Å². The average molecular weight is 268 g/mol. The minimum atomic E-state index is -0.0220. The number of nitrogens with zero attached hydrogens (tertiary/aromatic N) is 4. The molecule has 20 heavy (non-hydrogen) atoms. The Hall–Kier alpha value is -2.30. The van der Waals surface area contributed by atoms with E-state index in [1.54, 1.807) is 12.4 Å². The van der Waals surface area contributed by atoms with Crippen LogP contribution < -0.4 is 0 Å². The SMILES string of the molecule is O=C(c1cnccn1)N1CCC(c2ccncc2)CC1. The van der Waals surface area contributed by atoms with E-state index < -0.39 is 0 Å². The number of piperidine rings is 1. The van der Waals surface area contributed by atoms with Crippen molar-refractivity contribution in [2.45, 2.75) is 18.8 Å². The maximum atomic E-state index is 12.3. The molecule has 0 saturated carbocycles. The first-order valence-electron chi connectivity index (χ1n) is 6.80. The number of pyridine rings is 1. The molecule has 1 amide bonds. The molecule has 5 heteroatoms. The van der Waals surface area contributed by atoms with Gasteiger partial charge in [-0.05, 0) is 36.5 Å². The number of carbonyl (C=O) groups is 1. The van der Waals surface area contributed by atoms with Crippen molar-refractivity contribution in [2.24, 2.45) is 0 Å². The summed E-state index contributed by atoms with van der Waals surface area (Å²) in [5.74, 6) is 0.496. The predicted octanol–water partition coefficient (Wildman–Crippen LogP) is 1.89. The van der Waals surface area contributed by atoms with Crippen molar-refractivity contribution in [3.8, 4) is 0 Å². The van der Waals surface area contributed by atoms with Gasteiger partial charge >= 0.3 is 0 Å². The Kier molecular flexibility index (Phi) is 3.67. The van der Waals surface area contributed by atoms with Crippen LogP contribution in [0.1, 0.15) is 34.8 Å². The molecule has 0 atom stereocenters. The van der Waals surface area contributed by atoms with E-state index in [0.717, 1.165) is 25.9 Å². The Balaban J connectivity index is 1.63. The van der Waals surface area contributed by atoms with E-state index >= 15 is 0 Å². The Labute approximate surface area is 117 Å². The lowest BCUT2D eigenvalue weighted by molar-refractivity contribution is 0.0706. The number of likely N-dealkylation sites (tertiary alicyclic amines) is 1. The van der Waals surface area contributed by atoms with Crippen molar-refractivity contribution < 1.29 is 4.79 Å². The first-order chi connectivity index (χ1) is 9.84. The zero-order chi connectivity index (χ0) is 13.8. The van der Waals surface area contributed by atoms with Crippen molar-refractivity contribution in [2.75, 3.05) is 13.1 Å². The minimum Gasteiger partial charge on any atom is -0.337 e. The molecule has 0 aliphatic carbocycles. The van der Waals surface area contributed by atoms with Crippen LogP contribution in [0.25, 0.3) is 0 Å². The molecular formula is C15H16N4O. The molecule has 2 aromatic rings. The fourth-order valence-electron chi connectivity index (χ4n) is 2.62. The van der Waals surface area contributed by atoms with Crippen LogP contribution in [0, 0.1) is 0 Å². The first kappa shape index (κ1) is 12.7. The lowest BCUT2D eigenvalue weighted by atomic mass is 9.90. The standard InChI is InChI=1S/C15H16N4O/c20-15(14-11-17-7-8-18-14)19-9-3-13(4-10-19)12-1-5-16-6-2-12/h1-2,5-8,11,13H,3-4,9-10H2. The summed E-state index contributed by atoms with van der Waals surface area (Å²) in [6.45, 7) is 1.53. The van der Waals surface area contributed by atoms with Gasteiger partial charge in [0.1, 0.15) is 5.69 Å². The lowest BCUT2D eigenvalue weighted by Crippen LogP contribution is -2.38. The van der Waals surface area contributed by atoms with Crippen LogP contribution in [0.5, 0.6) is 0 Å². The fraction of sp³-hybridized carbons (Fsp3) is 0.333. The summed E-state index contributed by atoms with van der Waals surface area (Å²) in [6.07, 6.45) is 10.3. The van der Waals surface area contributed by atoms with Crippen molar-refractivity contribution >= 4 is 5.91 Å². The van der Waals surface area contributed by atoms with Crippen molar-refractivity contribution in [1.82, 2.24) is 19.9 Å². The highest BCUT2D eigenvalue weighted by molar-refractivity contribution is 5.92. The summed E-state index contributed by atoms with van der Waals surface area (Å²) in [6, 6.07) is 4.12. The van der Waals surface area contributed by atoms with Crippen LogP contribution in [0.2, 0.25) is 0 Å². The van der Waals surface area contributed by atoms with E-state index in [9.17, 15) is 4.79 Å². The Morgan fingerprint density at radius 3 is 2.45 bits per heavy atom. The molecule has 0 bridgehead atoms. The van der Waals surface area contributed by atoms with Gasteiger partial charge < -0.3 is 4.90 Å². The molecule has 3 heterocycles. The van der Waals surface area contributed by atoms with Crippen LogP contribution in [0.3, 0.4) is 0 Å². The van der Waals surface area contributed by atoms with Crippen LogP contribution in [0.15, 0.2) is 43.1 Å².